The quantitative estimate of drug-likeness (QED) is 0.394. The number of nitrogens with one attached hydrogen (secondary N) is 1. The molecule has 2 aliphatic heterocycles. The fourth-order valence-electron chi connectivity index (χ4n) is 6.15. The molecule has 0 radical (unpaired) electrons. The molecule has 4 amide bonds. The van der Waals surface area contributed by atoms with Crippen LogP contribution in [0.25, 0.3) is 11.1 Å². The van der Waals surface area contributed by atoms with Crippen molar-refractivity contribution in [1.82, 2.24) is 30.1 Å². The topological polar surface area (TPSA) is 122 Å². The number of hydrazine groups is 1. The minimum atomic E-state index is -0.779. The average Bonchev–Trinajstić information content (AvgIpc) is 3.63. The van der Waals surface area contributed by atoms with Crippen molar-refractivity contribution in [1.29, 1.82) is 0 Å². The Balaban J connectivity index is 1.30. The van der Waals surface area contributed by atoms with Crippen LogP contribution >= 0.6 is 0 Å². The Labute approximate surface area is 250 Å². The molecular formula is C32H36N6O5. The van der Waals surface area contributed by atoms with E-state index in [1.807, 2.05) is 36.2 Å². The number of amides is 4. The van der Waals surface area contributed by atoms with Gasteiger partial charge in [0.1, 0.15) is 23.5 Å². The van der Waals surface area contributed by atoms with Gasteiger partial charge in [0.05, 0.1) is 13.1 Å². The zero-order valence-electron chi connectivity index (χ0n) is 24.2. The molecule has 11 nitrogen and oxygen atoms in total. The van der Waals surface area contributed by atoms with Crippen LogP contribution in [0.1, 0.15) is 37.3 Å². The first-order chi connectivity index (χ1) is 20.9. The largest absolute Gasteiger partial charge is 0.508 e. The zero-order chi connectivity index (χ0) is 29.9. The lowest BCUT2D eigenvalue weighted by atomic mass is 9.99. The van der Waals surface area contributed by atoms with E-state index < -0.39 is 12.2 Å². The number of aromatic nitrogens is 1. The van der Waals surface area contributed by atoms with Crippen molar-refractivity contribution < 1.29 is 23.9 Å². The standard InChI is InChI=1S/C32H36N6O5/c1-2-15-36(32(42)33-17-23-7-4-3-5-8-23)37-20-29(40)38-27(16-22-11-13-25(39)14-12-22)31(41)35(19-28(37)38)18-24-9-6-10-26-30(24)43-21-34-26/h4,6-14,21,27-28,39H,2-3,5,15-20H2,1H3,(H,33,42)/t27-,28?/m0/s1. The highest BCUT2D eigenvalue weighted by atomic mass is 16.3. The molecule has 2 saturated heterocycles. The summed E-state index contributed by atoms with van der Waals surface area (Å²) in [4.78, 5) is 48.9. The number of allylic oxidation sites excluding steroid dienone is 2. The summed E-state index contributed by atoms with van der Waals surface area (Å²) >= 11 is 0. The van der Waals surface area contributed by atoms with Gasteiger partial charge >= 0.3 is 6.03 Å². The van der Waals surface area contributed by atoms with Gasteiger partial charge < -0.3 is 24.6 Å². The molecule has 2 N–H and O–H groups in total. The third-order valence-electron chi connectivity index (χ3n) is 8.23. The number of urea groups is 1. The summed E-state index contributed by atoms with van der Waals surface area (Å²) in [6, 6.07) is 11.3. The van der Waals surface area contributed by atoms with Crippen LogP contribution in [0.5, 0.6) is 5.75 Å². The monoisotopic (exact) mass is 584 g/mol. The second kappa shape index (κ2) is 12.3. The SMILES string of the molecule is CCCN(C(=O)NCC1=CCCC=C1)N1CC(=O)N2C1CN(Cc1cccc3ncoc13)C(=O)[C@@H]2Cc1ccc(O)cc1. The first kappa shape index (κ1) is 28.5. The Morgan fingerprint density at radius 1 is 1.16 bits per heavy atom. The van der Waals surface area contributed by atoms with E-state index in [-0.39, 0.29) is 49.7 Å². The van der Waals surface area contributed by atoms with E-state index in [4.69, 9.17) is 4.42 Å². The number of oxazole rings is 1. The third kappa shape index (κ3) is 5.85. The Kier molecular flexibility index (Phi) is 8.15. The normalized spacial score (nSPS) is 20.4. The molecule has 1 unspecified atom stereocenters. The number of benzene rings is 2. The summed E-state index contributed by atoms with van der Waals surface area (Å²) in [6.07, 6.45) is 10.0. The first-order valence-corrected chi connectivity index (χ1v) is 14.8. The fourth-order valence-corrected chi connectivity index (χ4v) is 6.15. The van der Waals surface area contributed by atoms with Crippen LogP contribution in [0.3, 0.4) is 0 Å². The van der Waals surface area contributed by atoms with Gasteiger partial charge in [-0.25, -0.2) is 9.78 Å². The van der Waals surface area contributed by atoms with E-state index in [1.54, 1.807) is 39.1 Å². The van der Waals surface area contributed by atoms with E-state index in [2.05, 4.69) is 22.5 Å². The van der Waals surface area contributed by atoms with E-state index in [1.165, 1.54) is 6.39 Å². The lowest BCUT2D eigenvalue weighted by Gasteiger charge is -2.46. The van der Waals surface area contributed by atoms with Crippen molar-refractivity contribution in [2.24, 2.45) is 0 Å². The molecule has 11 heteroatoms. The zero-order valence-corrected chi connectivity index (χ0v) is 24.2. The molecule has 43 heavy (non-hydrogen) atoms. The van der Waals surface area contributed by atoms with E-state index >= 15 is 0 Å². The van der Waals surface area contributed by atoms with Crippen LogP contribution in [0.4, 0.5) is 4.79 Å². The van der Waals surface area contributed by atoms with Crippen molar-refractivity contribution in [3.05, 3.63) is 83.8 Å². The van der Waals surface area contributed by atoms with Gasteiger partial charge in [-0.3, -0.25) is 14.6 Å². The van der Waals surface area contributed by atoms with Crippen LogP contribution < -0.4 is 5.32 Å². The maximum atomic E-state index is 14.1. The molecule has 0 bridgehead atoms. The minimum Gasteiger partial charge on any atom is -0.508 e. The number of piperazine rings is 1. The van der Waals surface area contributed by atoms with Crippen LogP contribution in [0.15, 0.2) is 77.1 Å². The Hall–Kier alpha value is -4.64. The van der Waals surface area contributed by atoms with Crippen molar-refractivity contribution >= 4 is 28.9 Å². The highest BCUT2D eigenvalue weighted by Crippen LogP contribution is 2.31. The number of phenolic OH excluding ortho intramolecular Hbond substituents is 1. The Bertz CT molecular complexity index is 1560. The molecule has 3 heterocycles. The van der Waals surface area contributed by atoms with Gasteiger partial charge in [-0.05, 0) is 48.6 Å². The molecular weight excluding hydrogens is 548 g/mol. The molecule has 224 valence electrons. The molecule has 6 rings (SSSR count). The highest BCUT2D eigenvalue weighted by molar-refractivity contribution is 5.92. The highest BCUT2D eigenvalue weighted by Gasteiger charge is 2.52. The number of phenols is 1. The maximum Gasteiger partial charge on any atom is 0.332 e. The summed E-state index contributed by atoms with van der Waals surface area (Å²) in [7, 11) is 0. The fraction of sp³-hybridized carbons (Fsp3) is 0.375. The van der Waals surface area contributed by atoms with Crippen LogP contribution in [0, 0.1) is 0 Å². The number of carbonyl (C=O) groups is 3. The summed E-state index contributed by atoms with van der Waals surface area (Å²) in [5.74, 6) is -0.257. The van der Waals surface area contributed by atoms with Crippen LogP contribution in [0.2, 0.25) is 0 Å². The van der Waals surface area contributed by atoms with E-state index in [9.17, 15) is 19.5 Å². The molecule has 2 fully saturated rings. The van der Waals surface area contributed by atoms with Crippen LogP contribution in [-0.4, -0.2) is 86.1 Å². The molecule has 3 aromatic rings. The first-order valence-electron chi connectivity index (χ1n) is 14.8. The number of carbonyl (C=O) groups excluding carboxylic acids is 3. The number of nitrogens with zero attached hydrogens (tertiary/aromatic N) is 5. The van der Waals surface area contributed by atoms with Crippen molar-refractivity contribution in [2.75, 3.05) is 26.2 Å². The number of rotatable bonds is 9. The molecule has 1 aromatic heterocycles. The minimum absolute atomic E-state index is 0.00836. The molecule has 0 spiro atoms. The van der Waals surface area contributed by atoms with Crippen molar-refractivity contribution in [2.45, 2.75) is 51.4 Å². The van der Waals surface area contributed by atoms with Gasteiger partial charge in [-0.1, -0.05) is 49.4 Å². The average molecular weight is 585 g/mol. The number of hydrogen-bond donors (Lipinski definition) is 2. The molecule has 2 aromatic carbocycles. The Morgan fingerprint density at radius 3 is 2.77 bits per heavy atom. The smallest absolute Gasteiger partial charge is 0.332 e. The number of hydrogen-bond acceptors (Lipinski definition) is 7. The van der Waals surface area contributed by atoms with Gasteiger partial charge in [0.15, 0.2) is 12.0 Å². The summed E-state index contributed by atoms with van der Waals surface area (Å²) < 4.78 is 5.64. The van der Waals surface area contributed by atoms with Gasteiger partial charge in [-0.2, -0.15) is 5.01 Å². The second-order valence-corrected chi connectivity index (χ2v) is 11.1. The van der Waals surface area contributed by atoms with Crippen LogP contribution in [-0.2, 0) is 22.6 Å². The van der Waals surface area contributed by atoms with Crippen molar-refractivity contribution in [3.8, 4) is 5.75 Å². The number of fused-ring (bicyclic) bond motifs is 2. The van der Waals surface area contributed by atoms with Gasteiger partial charge in [0.2, 0.25) is 11.8 Å². The summed E-state index contributed by atoms with van der Waals surface area (Å²) in [6.45, 7) is 3.30. The molecule has 0 saturated carbocycles. The maximum absolute atomic E-state index is 14.1. The second-order valence-electron chi connectivity index (χ2n) is 11.1. The lowest BCUT2D eigenvalue weighted by molar-refractivity contribution is -0.157. The predicted octanol–water partition coefficient (Wildman–Crippen LogP) is 3.57. The third-order valence-corrected chi connectivity index (χ3v) is 8.23. The van der Waals surface area contributed by atoms with Gasteiger partial charge in [0, 0.05) is 31.6 Å². The van der Waals surface area contributed by atoms with E-state index in [0.717, 1.165) is 29.5 Å². The summed E-state index contributed by atoms with van der Waals surface area (Å²) in [5, 5.41) is 16.3. The lowest BCUT2D eigenvalue weighted by Crippen LogP contribution is -2.66. The molecule has 1 aliphatic carbocycles. The van der Waals surface area contributed by atoms with Gasteiger partial charge in [0.25, 0.3) is 0 Å². The number of aromatic hydroxyl groups is 1. The Morgan fingerprint density at radius 2 is 2.00 bits per heavy atom. The predicted molar refractivity (Wildman–Crippen MR) is 159 cm³/mol. The summed E-state index contributed by atoms with van der Waals surface area (Å²) in [5.41, 5.74) is 4.01. The van der Waals surface area contributed by atoms with E-state index in [0.29, 0.717) is 30.6 Å². The number of para-hydroxylation sites is 1. The molecule has 3 aliphatic rings. The van der Waals surface area contributed by atoms with Gasteiger partial charge in [-0.15, -0.1) is 0 Å². The molecule has 2 atom stereocenters. The van der Waals surface area contributed by atoms with Crippen molar-refractivity contribution in [3.63, 3.8) is 0 Å².